The number of rotatable bonds is 10. The second-order valence-electron chi connectivity index (χ2n) is 11.8. The molecule has 11 nitrogen and oxygen atoms in total. The number of aliphatic imine (C=N–C) groups is 1. The molecule has 2 aliphatic heterocycles. The lowest BCUT2D eigenvalue weighted by molar-refractivity contribution is -0.124. The first-order valence-corrected chi connectivity index (χ1v) is 14.5. The molecule has 41 heavy (non-hydrogen) atoms. The van der Waals surface area contributed by atoms with Crippen molar-refractivity contribution in [3.63, 3.8) is 0 Å². The summed E-state index contributed by atoms with van der Waals surface area (Å²) in [6.07, 6.45) is 1.78. The van der Waals surface area contributed by atoms with Crippen molar-refractivity contribution in [1.82, 2.24) is 20.4 Å². The Morgan fingerprint density at radius 3 is 2.41 bits per heavy atom. The molecular formula is C30H46N6O5. The number of hydrogen-bond acceptors (Lipinski definition) is 8. The van der Waals surface area contributed by atoms with Crippen LogP contribution in [0.2, 0.25) is 0 Å². The van der Waals surface area contributed by atoms with E-state index < -0.39 is 17.7 Å². The number of benzene rings is 1. The van der Waals surface area contributed by atoms with Crippen LogP contribution in [0.3, 0.4) is 0 Å². The summed E-state index contributed by atoms with van der Waals surface area (Å²) in [6.45, 7) is 10.8. The van der Waals surface area contributed by atoms with Crippen LogP contribution >= 0.6 is 0 Å². The molecule has 2 heterocycles. The summed E-state index contributed by atoms with van der Waals surface area (Å²) in [5.74, 6) is -0.0543. The molecule has 1 aromatic rings. The lowest BCUT2D eigenvalue weighted by atomic mass is 9.85. The molecule has 2 amide bonds. The van der Waals surface area contributed by atoms with Crippen molar-refractivity contribution >= 4 is 18.0 Å². The van der Waals surface area contributed by atoms with Crippen LogP contribution in [-0.4, -0.2) is 106 Å². The number of morpholine rings is 1. The van der Waals surface area contributed by atoms with Crippen molar-refractivity contribution in [2.24, 2.45) is 10.4 Å². The van der Waals surface area contributed by atoms with Crippen LogP contribution in [-0.2, 0) is 25.4 Å². The van der Waals surface area contributed by atoms with Gasteiger partial charge in [-0.2, -0.15) is 5.26 Å². The van der Waals surface area contributed by atoms with Crippen molar-refractivity contribution in [1.29, 1.82) is 5.26 Å². The molecule has 1 atom stereocenters. The molecule has 3 rings (SSSR count). The molecule has 2 aliphatic rings. The summed E-state index contributed by atoms with van der Waals surface area (Å²) < 4.78 is 15.6. The monoisotopic (exact) mass is 570 g/mol. The zero-order valence-electron chi connectivity index (χ0n) is 25.0. The summed E-state index contributed by atoms with van der Waals surface area (Å²) in [5, 5.41) is 16.0. The van der Waals surface area contributed by atoms with E-state index in [1.165, 1.54) is 12.7 Å². The number of ether oxygens (including phenoxy) is 3. The number of piperidine rings is 1. The Kier molecular flexibility index (Phi) is 12.4. The molecule has 2 N–H and O–H groups in total. The van der Waals surface area contributed by atoms with Gasteiger partial charge in [-0.3, -0.25) is 10.1 Å². The van der Waals surface area contributed by atoms with E-state index in [0.717, 1.165) is 26.1 Å². The first-order chi connectivity index (χ1) is 19.6. The average Bonchev–Trinajstić information content (AvgIpc) is 2.96. The number of hydrogen-bond donors (Lipinski definition) is 2. The Morgan fingerprint density at radius 2 is 1.80 bits per heavy atom. The third kappa shape index (κ3) is 10.9. The molecule has 0 saturated carbocycles. The number of nitriles is 1. The topological polar surface area (TPSA) is 129 Å². The van der Waals surface area contributed by atoms with Gasteiger partial charge < -0.3 is 29.3 Å². The third-order valence-electron chi connectivity index (χ3n) is 7.28. The fourth-order valence-electron chi connectivity index (χ4n) is 4.91. The summed E-state index contributed by atoms with van der Waals surface area (Å²) in [7, 11) is 1.53. The minimum Gasteiger partial charge on any atom is -0.447 e. The number of amides is 2. The fourth-order valence-corrected chi connectivity index (χ4v) is 4.91. The molecule has 0 radical (unpaired) electrons. The molecule has 0 aromatic heterocycles. The van der Waals surface area contributed by atoms with Crippen LogP contribution in [0.15, 0.2) is 35.3 Å². The van der Waals surface area contributed by atoms with Gasteiger partial charge in [-0.25, -0.2) is 9.79 Å². The van der Waals surface area contributed by atoms with Gasteiger partial charge in [-0.05, 0) is 36.7 Å². The van der Waals surface area contributed by atoms with Crippen LogP contribution in [0.25, 0.3) is 0 Å². The van der Waals surface area contributed by atoms with E-state index in [9.17, 15) is 14.9 Å². The van der Waals surface area contributed by atoms with Crippen LogP contribution in [0.1, 0.15) is 45.6 Å². The SMILES string of the molecule is COCCOC(=O)NC(=NC(CC(C)(C)C)C(=O)NC1(C#N)CCN(CCc2ccccc2)CC1)N1CCOCC1. The van der Waals surface area contributed by atoms with Crippen molar-refractivity contribution in [2.45, 2.75) is 58.0 Å². The van der Waals surface area contributed by atoms with Gasteiger partial charge in [0.05, 0.1) is 25.9 Å². The van der Waals surface area contributed by atoms with Crippen LogP contribution in [0, 0.1) is 16.7 Å². The van der Waals surface area contributed by atoms with E-state index in [1.54, 1.807) is 0 Å². The third-order valence-corrected chi connectivity index (χ3v) is 7.28. The number of nitrogens with one attached hydrogen (secondary N) is 2. The highest BCUT2D eigenvalue weighted by Gasteiger charge is 2.38. The smallest absolute Gasteiger partial charge is 0.414 e. The standard InChI is InChI=1S/C30H46N6O5/c1-29(2,3)22-25(32-27(36-16-18-40-19-17-36)33-28(38)41-21-20-39-4)26(37)34-30(23-31)11-14-35(15-12-30)13-10-24-8-6-5-7-9-24/h5-9,25H,10-22H2,1-4H3,(H,34,37)(H,32,33,38). The average molecular weight is 571 g/mol. The number of carbonyl (C=O) groups is 2. The van der Waals surface area contributed by atoms with Gasteiger partial charge >= 0.3 is 6.09 Å². The molecule has 1 aromatic carbocycles. The highest BCUT2D eigenvalue weighted by atomic mass is 16.6. The molecule has 2 fully saturated rings. The predicted molar refractivity (Wildman–Crippen MR) is 156 cm³/mol. The number of alkyl carbamates (subject to hydrolysis) is 1. The number of carbonyl (C=O) groups excluding carboxylic acids is 2. The molecule has 226 valence electrons. The Morgan fingerprint density at radius 1 is 1.12 bits per heavy atom. The van der Waals surface area contributed by atoms with E-state index in [-0.39, 0.29) is 30.5 Å². The van der Waals surface area contributed by atoms with Crippen molar-refractivity contribution in [3.05, 3.63) is 35.9 Å². The summed E-state index contributed by atoms with van der Waals surface area (Å²) in [6, 6.07) is 11.9. The largest absolute Gasteiger partial charge is 0.447 e. The zero-order valence-corrected chi connectivity index (χ0v) is 25.0. The van der Waals surface area contributed by atoms with Gasteiger partial charge in [-0.1, -0.05) is 51.1 Å². The van der Waals surface area contributed by atoms with Crippen LogP contribution < -0.4 is 10.6 Å². The Hall–Kier alpha value is -3.20. The first-order valence-electron chi connectivity index (χ1n) is 14.5. The second kappa shape index (κ2) is 15.7. The minimum absolute atomic E-state index is 0.0949. The lowest BCUT2D eigenvalue weighted by Gasteiger charge is -2.38. The number of methoxy groups -OCH3 is 1. The highest BCUT2D eigenvalue weighted by Crippen LogP contribution is 2.26. The Labute approximate surface area is 244 Å². The van der Waals surface area contributed by atoms with Gasteiger partial charge in [0.2, 0.25) is 11.9 Å². The molecule has 11 heteroatoms. The summed E-state index contributed by atoms with van der Waals surface area (Å²) in [5.41, 5.74) is 0.0896. The van der Waals surface area contributed by atoms with Crippen molar-refractivity contribution in [3.8, 4) is 6.07 Å². The van der Waals surface area contributed by atoms with E-state index >= 15 is 0 Å². The van der Waals surface area contributed by atoms with Gasteiger partial charge in [-0.15, -0.1) is 0 Å². The number of guanidine groups is 1. The maximum Gasteiger partial charge on any atom is 0.414 e. The maximum atomic E-state index is 13.8. The second-order valence-corrected chi connectivity index (χ2v) is 11.8. The number of likely N-dealkylation sites (tertiary alicyclic amines) is 1. The quantitative estimate of drug-likeness (QED) is 0.250. The Balaban J connectivity index is 1.71. The molecular weight excluding hydrogens is 524 g/mol. The highest BCUT2D eigenvalue weighted by molar-refractivity contribution is 5.96. The van der Waals surface area contributed by atoms with Crippen molar-refractivity contribution in [2.75, 3.05) is 66.3 Å². The fraction of sp³-hybridized carbons (Fsp3) is 0.667. The first kappa shape index (κ1) is 32.3. The molecule has 1 unspecified atom stereocenters. The van der Waals surface area contributed by atoms with Gasteiger partial charge in [0.1, 0.15) is 18.2 Å². The van der Waals surface area contributed by atoms with E-state index in [0.29, 0.717) is 45.6 Å². The molecule has 0 spiro atoms. The van der Waals surface area contributed by atoms with Gasteiger partial charge in [0, 0.05) is 39.8 Å². The Bertz CT molecular complexity index is 1040. The molecule has 2 saturated heterocycles. The minimum atomic E-state index is -0.961. The van der Waals surface area contributed by atoms with Gasteiger partial charge in [0.25, 0.3) is 0 Å². The molecule has 0 aliphatic carbocycles. The number of nitrogens with zero attached hydrogens (tertiary/aromatic N) is 4. The van der Waals surface area contributed by atoms with E-state index in [4.69, 9.17) is 19.2 Å². The van der Waals surface area contributed by atoms with Crippen molar-refractivity contribution < 1.29 is 23.8 Å². The van der Waals surface area contributed by atoms with Crippen LogP contribution in [0.4, 0.5) is 4.79 Å². The van der Waals surface area contributed by atoms with E-state index in [1.807, 2.05) is 43.9 Å². The zero-order chi connectivity index (χ0) is 29.7. The van der Waals surface area contributed by atoms with Gasteiger partial charge in [0.15, 0.2) is 0 Å². The summed E-state index contributed by atoms with van der Waals surface area (Å²) >= 11 is 0. The lowest BCUT2D eigenvalue weighted by Crippen LogP contribution is -2.57. The maximum absolute atomic E-state index is 13.8. The van der Waals surface area contributed by atoms with Crippen LogP contribution in [0.5, 0.6) is 0 Å². The normalized spacial score (nSPS) is 18.7. The summed E-state index contributed by atoms with van der Waals surface area (Å²) in [4.78, 5) is 35.3. The van der Waals surface area contributed by atoms with E-state index in [2.05, 4.69) is 33.7 Å². The molecule has 0 bridgehead atoms. The predicted octanol–water partition coefficient (Wildman–Crippen LogP) is 2.57.